The molecule has 1 N–H and O–H groups in total. The standard InChI is InChI=1S/C18H23N5O2/c24-17(16-3-7-20-21-16)23-8-4-18(5-9-23)14-22(10-11-25-18)13-15-2-1-6-19-12-15/h1-3,6-7,12H,4-5,8-11,13-14H2,(H,20,21). The van der Waals surface area contributed by atoms with E-state index in [1.807, 2.05) is 17.2 Å². The number of H-pyrrole nitrogens is 1. The highest BCUT2D eigenvalue weighted by atomic mass is 16.5. The van der Waals surface area contributed by atoms with Crippen molar-refractivity contribution >= 4 is 5.91 Å². The van der Waals surface area contributed by atoms with Gasteiger partial charge in [-0.15, -0.1) is 0 Å². The minimum atomic E-state index is -0.134. The monoisotopic (exact) mass is 341 g/mol. The maximum absolute atomic E-state index is 12.4. The van der Waals surface area contributed by atoms with Crippen LogP contribution in [-0.2, 0) is 11.3 Å². The van der Waals surface area contributed by atoms with Crippen LogP contribution in [0.2, 0.25) is 0 Å². The molecule has 1 spiro atoms. The molecule has 4 rings (SSSR count). The number of likely N-dealkylation sites (tertiary alicyclic amines) is 1. The lowest BCUT2D eigenvalue weighted by atomic mass is 9.89. The molecule has 7 heteroatoms. The molecule has 0 bridgehead atoms. The van der Waals surface area contributed by atoms with Crippen molar-refractivity contribution in [2.45, 2.75) is 25.0 Å². The molecule has 0 atom stereocenters. The van der Waals surface area contributed by atoms with Crippen LogP contribution in [0.15, 0.2) is 36.8 Å². The van der Waals surface area contributed by atoms with Crippen LogP contribution in [-0.4, -0.2) is 69.3 Å². The summed E-state index contributed by atoms with van der Waals surface area (Å²) in [4.78, 5) is 21.0. The van der Waals surface area contributed by atoms with Crippen LogP contribution >= 0.6 is 0 Å². The molecular formula is C18H23N5O2. The van der Waals surface area contributed by atoms with Gasteiger partial charge in [-0.05, 0) is 30.5 Å². The van der Waals surface area contributed by atoms with Gasteiger partial charge in [-0.3, -0.25) is 19.8 Å². The van der Waals surface area contributed by atoms with Crippen LogP contribution in [0.1, 0.15) is 28.9 Å². The van der Waals surface area contributed by atoms with Gasteiger partial charge in [0.25, 0.3) is 5.91 Å². The summed E-state index contributed by atoms with van der Waals surface area (Å²) in [6.07, 6.45) is 7.08. The number of carbonyl (C=O) groups excluding carboxylic acids is 1. The summed E-state index contributed by atoms with van der Waals surface area (Å²) < 4.78 is 6.18. The first-order valence-electron chi connectivity index (χ1n) is 8.78. The second-order valence-corrected chi connectivity index (χ2v) is 6.87. The van der Waals surface area contributed by atoms with Crippen LogP contribution in [0, 0.1) is 0 Å². The Kier molecular flexibility index (Phi) is 4.50. The van der Waals surface area contributed by atoms with Crippen molar-refractivity contribution in [3.63, 3.8) is 0 Å². The Morgan fingerprint density at radius 2 is 2.12 bits per heavy atom. The zero-order valence-electron chi connectivity index (χ0n) is 14.2. The second kappa shape index (κ2) is 6.93. The molecule has 1 amide bonds. The van der Waals surface area contributed by atoms with E-state index in [1.165, 1.54) is 5.56 Å². The lowest BCUT2D eigenvalue weighted by Gasteiger charge is -2.47. The van der Waals surface area contributed by atoms with Crippen molar-refractivity contribution in [2.24, 2.45) is 0 Å². The number of morpholine rings is 1. The Balaban J connectivity index is 1.36. The van der Waals surface area contributed by atoms with Gasteiger partial charge in [-0.2, -0.15) is 5.10 Å². The molecule has 0 radical (unpaired) electrons. The van der Waals surface area contributed by atoms with E-state index >= 15 is 0 Å². The largest absolute Gasteiger partial charge is 0.372 e. The van der Waals surface area contributed by atoms with Crippen LogP contribution in [0.5, 0.6) is 0 Å². The lowest BCUT2D eigenvalue weighted by Crippen LogP contribution is -2.57. The number of nitrogens with zero attached hydrogens (tertiary/aromatic N) is 4. The number of amides is 1. The summed E-state index contributed by atoms with van der Waals surface area (Å²) in [7, 11) is 0. The van der Waals surface area contributed by atoms with Gasteiger partial charge in [0.2, 0.25) is 0 Å². The highest BCUT2D eigenvalue weighted by Gasteiger charge is 2.40. The maximum Gasteiger partial charge on any atom is 0.271 e. The van der Waals surface area contributed by atoms with Crippen molar-refractivity contribution in [3.05, 3.63) is 48.0 Å². The van der Waals surface area contributed by atoms with E-state index in [2.05, 4.69) is 26.1 Å². The summed E-state index contributed by atoms with van der Waals surface area (Å²) in [5.74, 6) is 0.0235. The number of pyridine rings is 1. The highest BCUT2D eigenvalue weighted by molar-refractivity contribution is 5.92. The number of aromatic nitrogens is 3. The van der Waals surface area contributed by atoms with Gasteiger partial charge in [0, 0.05) is 51.3 Å². The fraction of sp³-hybridized carbons (Fsp3) is 0.500. The first-order chi connectivity index (χ1) is 12.2. The van der Waals surface area contributed by atoms with Gasteiger partial charge in [-0.1, -0.05) is 6.07 Å². The van der Waals surface area contributed by atoms with Gasteiger partial charge in [-0.25, -0.2) is 0 Å². The molecule has 2 aliphatic heterocycles. The first-order valence-corrected chi connectivity index (χ1v) is 8.78. The number of rotatable bonds is 3. The molecular weight excluding hydrogens is 318 g/mol. The third-order valence-electron chi connectivity index (χ3n) is 5.15. The van der Waals surface area contributed by atoms with Crippen LogP contribution in [0.25, 0.3) is 0 Å². The van der Waals surface area contributed by atoms with Crippen molar-refractivity contribution in [3.8, 4) is 0 Å². The Morgan fingerprint density at radius 3 is 2.84 bits per heavy atom. The molecule has 2 aliphatic rings. The number of carbonyl (C=O) groups is 1. The van der Waals surface area contributed by atoms with E-state index in [4.69, 9.17) is 4.74 Å². The minimum absolute atomic E-state index is 0.0235. The van der Waals surface area contributed by atoms with Gasteiger partial charge in [0.05, 0.1) is 12.2 Å². The molecule has 4 heterocycles. The zero-order valence-corrected chi connectivity index (χ0v) is 14.2. The number of aromatic amines is 1. The molecule has 0 aliphatic carbocycles. The zero-order chi connectivity index (χ0) is 17.1. The molecule has 7 nitrogen and oxygen atoms in total. The third-order valence-corrected chi connectivity index (χ3v) is 5.15. The van der Waals surface area contributed by atoms with Crippen molar-refractivity contribution in [2.75, 3.05) is 32.8 Å². The van der Waals surface area contributed by atoms with E-state index in [-0.39, 0.29) is 11.5 Å². The molecule has 25 heavy (non-hydrogen) atoms. The van der Waals surface area contributed by atoms with E-state index in [9.17, 15) is 4.79 Å². The summed E-state index contributed by atoms with van der Waals surface area (Å²) >= 11 is 0. The molecule has 2 saturated heterocycles. The first kappa shape index (κ1) is 16.2. The predicted octanol–water partition coefficient (Wildman–Crippen LogP) is 1.31. The third kappa shape index (κ3) is 3.57. The lowest BCUT2D eigenvalue weighted by molar-refractivity contribution is -0.134. The minimum Gasteiger partial charge on any atom is -0.372 e. The Bertz CT molecular complexity index is 696. The number of ether oxygens (including phenoxy) is 1. The van der Waals surface area contributed by atoms with E-state index < -0.39 is 0 Å². The fourth-order valence-corrected chi connectivity index (χ4v) is 3.77. The smallest absolute Gasteiger partial charge is 0.271 e. The van der Waals surface area contributed by atoms with Crippen LogP contribution < -0.4 is 0 Å². The number of nitrogens with one attached hydrogen (secondary N) is 1. The molecule has 2 aromatic heterocycles. The predicted molar refractivity (Wildman–Crippen MR) is 91.9 cm³/mol. The second-order valence-electron chi connectivity index (χ2n) is 6.87. The van der Waals surface area contributed by atoms with Crippen molar-refractivity contribution in [1.29, 1.82) is 0 Å². The van der Waals surface area contributed by atoms with Crippen LogP contribution in [0.3, 0.4) is 0 Å². The average Bonchev–Trinajstić information content (AvgIpc) is 3.18. The van der Waals surface area contributed by atoms with Crippen LogP contribution in [0.4, 0.5) is 0 Å². The quantitative estimate of drug-likeness (QED) is 0.911. The molecule has 0 saturated carbocycles. The number of hydrogen-bond acceptors (Lipinski definition) is 5. The molecule has 2 aromatic rings. The average molecular weight is 341 g/mol. The van der Waals surface area contributed by atoms with E-state index in [0.717, 1.165) is 52.2 Å². The molecule has 132 valence electrons. The molecule has 2 fully saturated rings. The SMILES string of the molecule is O=C(c1ccn[nH]1)N1CCC2(CC1)CN(Cc1cccnc1)CCO2. The Labute approximate surface area is 147 Å². The summed E-state index contributed by atoms with van der Waals surface area (Å²) in [6.45, 7) is 4.93. The van der Waals surface area contributed by atoms with Gasteiger partial charge >= 0.3 is 0 Å². The molecule has 0 aromatic carbocycles. The van der Waals surface area contributed by atoms with Crippen molar-refractivity contribution in [1.82, 2.24) is 25.0 Å². The van der Waals surface area contributed by atoms with Gasteiger partial charge in [0.1, 0.15) is 5.69 Å². The number of piperidine rings is 1. The summed E-state index contributed by atoms with van der Waals surface area (Å²) in [6, 6.07) is 5.81. The number of hydrogen-bond donors (Lipinski definition) is 1. The summed E-state index contributed by atoms with van der Waals surface area (Å²) in [5, 5.41) is 6.62. The maximum atomic E-state index is 12.4. The van der Waals surface area contributed by atoms with E-state index in [1.54, 1.807) is 18.5 Å². The molecule has 0 unspecified atom stereocenters. The Morgan fingerprint density at radius 1 is 1.24 bits per heavy atom. The fourth-order valence-electron chi connectivity index (χ4n) is 3.77. The highest BCUT2D eigenvalue weighted by Crippen LogP contribution is 2.31. The topological polar surface area (TPSA) is 74.4 Å². The van der Waals surface area contributed by atoms with Crippen molar-refractivity contribution < 1.29 is 9.53 Å². The normalized spacial score (nSPS) is 20.7. The Hall–Kier alpha value is -2.25. The summed E-state index contributed by atoms with van der Waals surface area (Å²) in [5.41, 5.74) is 1.65. The van der Waals surface area contributed by atoms with Gasteiger partial charge < -0.3 is 9.64 Å². The van der Waals surface area contributed by atoms with E-state index in [0.29, 0.717) is 5.69 Å². The van der Waals surface area contributed by atoms with Gasteiger partial charge in [0.15, 0.2) is 0 Å².